The van der Waals surface area contributed by atoms with Crippen molar-refractivity contribution < 1.29 is 9.59 Å². The van der Waals surface area contributed by atoms with Crippen LogP contribution >= 0.6 is 23.2 Å². The number of benzene rings is 3. The molecule has 6 heteroatoms. The molecular formula is C25H20Cl2N2O2. The summed E-state index contributed by atoms with van der Waals surface area (Å²) in [6, 6.07) is 17.8. The molecule has 0 saturated carbocycles. The normalized spacial score (nSPS) is 13.9. The van der Waals surface area contributed by atoms with Gasteiger partial charge in [-0.15, -0.1) is 0 Å². The number of carbonyl (C=O) groups excluding carboxylic acids is 2. The maximum Gasteiger partial charge on any atom is 0.282 e. The predicted molar refractivity (Wildman–Crippen MR) is 127 cm³/mol. The molecule has 156 valence electrons. The van der Waals surface area contributed by atoms with Crippen molar-refractivity contribution in [3.05, 3.63) is 98.7 Å². The molecular weight excluding hydrogens is 431 g/mol. The average Bonchev–Trinajstić information content (AvgIpc) is 2.94. The molecule has 0 aromatic heterocycles. The standard InChI is InChI=1S/C25H20Cl2N2O2/c1-14-7-9-20(15(2)11-14)22-23(28-21-10-8-18(27)12-16(21)3)25(31)29(24(22)30)19-6-4-5-17(26)13-19/h4-13,28H,1-3H3. The second-order valence-corrected chi connectivity index (χ2v) is 8.45. The van der Waals surface area contributed by atoms with Crippen LogP contribution in [0.1, 0.15) is 22.3 Å². The van der Waals surface area contributed by atoms with Crippen molar-refractivity contribution in [3.8, 4) is 0 Å². The second kappa shape index (κ2) is 8.22. The van der Waals surface area contributed by atoms with Gasteiger partial charge < -0.3 is 5.32 Å². The first-order valence-electron chi connectivity index (χ1n) is 9.75. The largest absolute Gasteiger partial charge is 0.350 e. The summed E-state index contributed by atoms with van der Waals surface area (Å²) in [6.45, 7) is 5.81. The van der Waals surface area contributed by atoms with E-state index in [4.69, 9.17) is 23.2 Å². The summed E-state index contributed by atoms with van der Waals surface area (Å²) in [7, 11) is 0. The van der Waals surface area contributed by atoms with Crippen LogP contribution in [0.25, 0.3) is 5.57 Å². The Bertz CT molecular complexity index is 1260. The first-order valence-corrected chi connectivity index (χ1v) is 10.5. The number of hydrogen-bond donors (Lipinski definition) is 1. The van der Waals surface area contributed by atoms with Crippen LogP contribution in [-0.2, 0) is 9.59 Å². The summed E-state index contributed by atoms with van der Waals surface area (Å²) >= 11 is 12.2. The fourth-order valence-corrected chi connectivity index (χ4v) is 4.15. The van der Waals surface area contributed by atoms with Gasteiger partial charge in [0.15, 0.2) is 0 Å². The number of amides is 2. The number of anilines is 2. The molecule has 4 nitrogen and oxygen atoms in total. The molecule has 0 bridgehead atoms. The van der Waals surface area contributed by atoms with E-state index in [2.05, 4.69) is 5.32 Å². The van der Waals surface area contributed by atoms with Gasteiger partial charge in [-0.25, -0.2) is 4.90 Å². The number of hydrogen-bond acceptors (Lipinski definition) is 3. The van der Waals surface area contributed by atoms with Crippen LogP contribution in [-0.4, -0.2) is 11.8 Å². The van der Waals surface area contributed by atoms with Crippen LogP contribution in [0.4, 0.5) is 11.4 Å². The smallest absolute Gasteiger partial charge is 0.282 e. The van der Waals surface area contributed by atoms with E-state index in [-0.39, 0.29) is 5.70 Å². The quantitative estimate of drug-likeness (QED) is 0.473. The van der Waals surface area contributed by atoms with Gasteiger partial charge in [-0.2, -0.15) is 0 Å². The Morgan fingerprint density at radius 3 is 2.19 bits per heavy atom. The maximum absolute atomic E-state index is 13.5. The van der Waals surface area contributed by atoms with E-state index in [1.165, 1.54) is 0 Å². The molecule has 1 aliphatic rings. The highest BCUT2D eigenvalue weighted by molar-refractivity contribution is 6.46. The molecule has 3 aromatic carbocycles. The molecule has 2 amide bonds. The Morgan fingerprint density at radius 2 is 1.52 bits per heavy atom. The molecule has 0 radical (unpaired) electrons. The lowest BCUT2D eigenvalue weighted by Gasteiger charge is -2.16. The van der Waals surface area contributed by atoms with Gasteiger partial charge in [0.05, 0.1) is 11.3 Å². The van der Waals surface area contributed by atoms with E-state index >= 15 is 0 Å². The molecule has 4 rings (SSSR count). The Kier molecular flexibility index (Phi) is 5.61. The van der Waals surface area contributed by atoms with Crippen molar-refractivity contribution in [2.24, 2.45) is 0 Å². The number of carbonyl (C=O) groups is 2. The summed E-state index contributed by atoms with van der Waals surface area (Å²) in [5.74, 6) is -0.829. The summed E-state index contributed by atoms with van der Waals surface area (Å²) in [5.41, 5.74) is 5.25. The zero-order chi connectivity index (χ0) is 22.3. The number of nitrogens with one attached hydrogen (secondary N) is 1. The molecule has 1 N–H and O–H groups in total. The van der Waals surface area contributed by atoms with Crippen molar-refractivity contribution in [1.82, 2.24) is 0 Å². The minimum atomic E-state index is -0.434. The van der Waals surface area contributed by atoms with Crippen LogP contribution in [0, 0.1) is 20.8 Å². The second-order valence-electron chi connectivity index (χ2n) is 7.58. The molecule has 1 heterocycles. The number of rotatable bonds is 4. The van der Waals surface area contributed by atoms with E-state index in [1.54, 1.807) is 42.5 Å². The topological polar surface area (TPSA) is 49.4 Å². The summed E-state index contributed by atoms with van der Waals surface area (Å²) < 4.78 is 0. The highest BCUT2D eigenvalue weighted by Crippen LogP contribution is 2.36. The van der Waals surface area contributed by atoms with Crippen LogP contribution < -0.4 is 10.2 Å². The summed E-state index contributed by atoms with van der Waals surface area (Å²) in [6.07, 6.45) is 0. The number of nitrogens with zero attached hydrogens (tertiary/aromatic N) is 1. The van der Waals surface area contributed by atoms with Crippen molar-refractivity contribution in [2.75, 3.05) is 10.2 Å². The molecule has 3 aromatic rings. The van der Waals surface area contributed by atoms with E-state index in [0.29, 0.717) is 32.6 Å². The van der Waals surface area contributed by atoms with Crippen LogP contribution in [0.2, 0.25) is 10.0 Å². The lowest BCUT2D eigenvalue weighted by atomic mass is 9.97. The molecule has 0 fully saturated rings. The SMILES string of the molecule is Cc1ccc(C2=C(Nc3ccc(Cl)cc3C)C(=O)N(c3cccc(Cl)c3)C2=O)c(C)c1. The van der Waals surface area contributed by atoms with Gasteiger partial charge in [0, 0.05) is 15.7 Å². The van der Waals surface area contributed by atoms with Gasteiger partial charge in [-0.3, -0.25) is 9.59 Å². The molecule has 31 heavy (non-hydrogen) atoms. The highest BCUT2D eigenvalue weighted by atomic mass is 35.5. The van der Waals surface area contributed by atoms with Crippen molar-refractivity contribution in [3.63, 3.8) is 0 Å². The summed E-state index contributed by atoms with van der Waals surface area (Å²) in [5, 5.41) is 4.24. The van der Waals surface area contributed by atoms with Crippen LogP contribution in [0.15, 0.2) is 66.4 Å². The zero-order valence-corrected chi connectivity index (χ0v) is 18.8. The van der Waals surface area contributed by atoms with E-state index in [1.807, 2.05) is 39.0 Å². The number of aryl methyl sites for hydroxylation is 3. The Balaban J connectivity index is 1.88. The predicted octanol–water partition coefficient (Wildman–Crippen LogP) is 6.32. The van der Waals surface area contributed by atoms with Crippen LogP contribution in [0.5, 0.6) is 0 Å². The highest BCUT2D eigenvalue weighted by Gasteiger charge is 2.40. The monoisotopic (exact) mass is 450 g/mol. The van der Waals surface area contributed by atoms with Gasteiger partial charge in [0.2, 0.25) is 0 Å². The van der Waals surface area contributed by atoms with Gasteiger partial charge in [0.1, 0.15) is 5.70 Å². The van der Waals surface area contributed by atoms with Crippen LogP contribution in [0.3, 0.4) is 0 Å². The minimum absolute atomic E-state index is 0.224. The van der Waals surface area contributed by atoms with Crippen molar-refractivity contribution in [1.29, 1.82) is 0 Å². The average molecular weight is 451 g/mol. The molecule has 0 atom stereocenters. The molecule has 0 aliphatic carbocycles. The molecule has 0 saturated heterocycles. The minimum Gasteiger partial charge on any atom is -0.350 e. The molecule has 0 spiro atoms. The lowest BCUT2D eigenvalue weighted by Crippen LogP contribution is -2.32. The Hall–Kier alpha value is -3.08. The van der Waals surface area contributed by atoms with Gasteiger partial charge in [0.25, 0.3) is 11.8 Å². The van der Waals surface area contributed by atoms with E-state index in [9.17, 15) is 9.59 Å². The number of halogens is 2. The molecule has 1 aliphatic heterocycles. The third-order valence-corrected chi connectivity index (χ3v) is 5.72. The fraction of sp³-hybridized carbons (Fsp3) is 0.120. The lowest BCUT2D eigenvalue weighted by molar-refractivity contribution is -0.120. The third kappa shape index (κ3) is 3.97. The third-order valence-electron chi connectivity index (χ3n) is 5.25. The zero-order valence-electron chi connectivity index (χ0n) is 17.3. The van der Waals surface area contributed by atoms with E-state index in [0.717, 1.165) is 21.6 Å². The first kappa shape index (κ1) is 21.2. The van der Waals surface area contributed by atoms with Gasteiger partial charge >= 0.3 is 0 Å². The van der Waals surface area contributed by atoms with Gasteiger partial charge in [-0.05, 0) is 73.9 Å². The first-order chi connectivity index (χ1) is 14.8. The van der Waals surface area contributed by atoms with Crippen molar-refractivity contribution in [2.45, 2.75) is 20.8 Å². The van der Waals surface area contributed by atoms with Crippen molar-refractivity contribution >= 4 is 52.0 Å². The summed E-state index contributed by atoms with van der Waals surface area (Å²) in [4.78, 5) is 28.2. The maximum atomic E-state index is 13.5. The Labute approximate surface area is 191 Å². The van der Waals surface area contributed by atoms with E-state index < -0.39 is 11.8 Å². The molecule has 0 unspecified atom stereocenters. The number of imide groups is 1. The van der Waals surface area contributed by atoms with Gasteiger partial charge in [-0.1, -0.05) is 53.0 Å². The Morgan fingerprint density at radius 1 is 0.774 bits per heavy atom. The fourth-order valence-electron chi connectivity index (χ4n) is 3.74.